The molecule has 34 heavy (non-hydrogen) atoms. The first kappa shape index (κ1) is 21.6. The molecule has 0 spiro atoms. The lowest BCUT2D eigenvalue weighted by Crippen LogP contribution is -2.25. The number of rotatable bonds is 5. The second kappa shape index (κ2) is 8.60. The molecular weight excluding hydrogens is 454 g/mol. The number of anilines is 1. The van der Waals surface area contributed by atoms with Crippen molar-refractivity contribution in [2.24, 2.45) is 0 Å². The Bertz CT molecular complexity index is 1580. The number of benzene rings is 2. The molecule has 0 fully saturated rings. The summed E-state index contributed by atoms with van der Waals surface area (Å²) in [5, 5.41) is 10.3. The zero-order chi connectivity index (χ0) is 23.8. The van der Waals surface area contributed by atoms with E-state index in [2.05, 4.69) is 10.4 Å². The summed E-state index contributed by atoms with van der Waals surface area (Å²) < 4.78 is 12.0. The first-order valence-corrected chi connectivity index (χ1v) is 11.4. The van der Waals surface area contributed by atoms with E-state index in [1.165, 1.54) is 0 Å². The van der Waals surface area contributed by atoms with E-state index in [1.54, 1.807) is 36.6 Å². The van der Waals surface area contributed by atoms with Crippen LogP contribution in [0.2, 0.25) is 0 Å². The zero-order valence-corrected chi connectivity index (χ0v) is 19.1. The van der Waals surface area contributed by atoms with E-state index in [-0.39, 0.29) is 23.4 Å². The lowest BCUT2D eigenvalue weighted by Gasteiger charge is -2.10. The molecule has 8 nitrogen and oxygen atoms in total. The second-order valence-electron chi connectivity index (χ2n) is 7.58. The third kappa shape index (κ3) is 3.75. The van der Waals surface area contributed by atoms with Gasteiger partial charge in [0.25, 0.3) is 11.5 Å². The van der Waals surface area contributed by atoms with Crippen LogP contribution in [0.5, 0.6) is 0 Å². The second-order valence-corrected chi connectivity index (χ2v) is 8.46. The van der Waals surface area contributed by atoms with Crippen LogP contribution in [0.15, 0.2) is 69.2 Å². The minimum atomic E-state index is -0.652. The number of thiophene rings is 1. The van der Waals surface area contributed by atoms with Gasteiger partial charge in [-0.25, -0.2) is 4.79 Å². The number of aromatic nitrogens is 2. The van der Waals surface area contributed by atoms with Crippen molar-refractivity contribution in [2.45, 2.75) is 13.8 Å². The van der Waals surface area contributed by atoms with Crippen molar-refractivity contribution >= 4 is 50.0 Å². The van der Waals surface area contributed by atoms with Crippen LogP contribution in [-0.4, -0.2) is 28.3 Å². The fraction of sp³-hybridized carbons (Fsp3) is 0.120. The zero-order valence-electron chi connectivity index (χ0n) is 18.3. The summed E-state index contributed by atoms with van der Waals surface area (Å²) in [7, 11) is 0. The van der Waals surface area contributed by atoms with E-state index in [4.69, 9.17) is 9.15 Å². The van der Waals surface area contributed by atoms with Gasteiger partial charge >= 0.3 is 5.97 Å². The van der Waals surface area contributed by atoms with Gasteiger partial charge in [-0.05, 0) is 38.1 Å². The molecule has 0 radical (unpaired) electrons. The number of fused-ring (bicyclic) bond motifs is 2. The van der Waals surface area contributed by atoms with Crippen LogP contribution in [0.3, 0.4) is 0 Å². The van der Waals surface area contributed by atoms with Crippen LogP contribution in [0, 0.1) is 6.92 Å². The molecule has 170 valence electrons. The Morgan fingerprint density at radius 2 is 1.91 bits per heavy atom. The quantitative estimate of drug-likeness (QED) is 0.363. The molecule has 9 heteroatoms. The molecule has 0 saturated heterocycles. The molecular formula is C25H19N3O5S. The third-order valence-corrected chi connectivity index (χ3v) is 6.17. The van der Waals surface area contributed by atoms with Gasteiger partial charge in [-0.1, -0.05) is 35.9 Å². The summed E-state index contributed by atoms with van der Waals surface area (Å²) in [5.41, 5.74) is 1.62. The molecule has 0 aliphatic heterocycles. The molecule has 0 aliphatic rings. The van der Waals surface area contributed by atoms with Crippen molar-refractivity contribution < 1.29 is 18.7 Å². The Morgan fingerprint density at radius 1 is 1.15 bits per heavy atom. The maximum Gasteiger partial charge on any atom is 0.359 e. The summed E-state index contributed by atoms with van der Waals surface area (Å²) in [6.45, 7) is 3.78. The number of aryl methyl sites for hydroxylation is 1. The highest BCUT2D eigenvalue weighted by atomic mass is 32.1. The molecule has 3 aromatic heterocycles. The topological polar surface area (TPSA) is 103 Å². The Labute approximate surface area is 197 Å². The molecule has 0 aliphatic carbocycles. The molecule has 0 saturated carbocycles. The van der Waals surface area contributed by atoms with Gasteiger partial charge in [0.05, 0.1) is 17.7 Å². The SMILES string of the molecule is CCOC(=O)c1nn(-c2ccc(C)cc2)c(=O)c2c(NC(=O)c3cc4ccccc4o3)scc12. The molecule has 5 rings (SSSR count). The maximum atomic E-state index is 13.5. The van der Waals surface area contributed by atoms with Crippen molar-refractivity contribution in [3.05, 3.63) is 87.3 Å². The van der Waals surface area contributed by atoms with Crippen LogP contribution in [0.1, 0.15) is 33.5 Å². The van der Waals surface area contributed by atoms with E-state index in [9.17, 15) is 14.4 Å². The lowest BCUT2D eigenvalue weighted by atomic mass is 10.2. The predicted octanol–water partition coefficient (Wildman–Crippen LogP) is 4.93. The highest BCUT2D eigenvalue weighted by Crippen LogP contribution is 2.31. The Hall–Kier alpha value is -4.24. The summed E-state index contributed by atoms with van der Waals surface area (Å²) in [6.07, 6.45) is 0. The minimum Gasteiger partial charge on any atom is -0.461 e. The van der Waals surface area contributed by atoms with Gasteiger partial charge in [-0.3, -0.25) is 9.59 Å². The average Bonchev–Trinajstić information content (AvgIpc) is 3.45. The fourth-order valence-electron chi connectivity index (χ4n) is 3.61. The van der Waals surface area contributed by atoms with E-state index >= 15 is 0 Å². The molecule has 2 aromatic carbocycles. The monoisotopic (exact) mass is 473 g/mol. The Balaban J connectivity index is 1.63. The van der Waals surface area contributed by atoms with Gasteiger partial charge in [-0.15, -0.1) is 11.3 Å². The smallest absolute Gasteiger partial charge is 0.359 e. The van der Waals surface area contributed by atoms with E-state index < -0.39 is 17.4 Å². The number of amides is 1. The number of furan rings is 1. The Kier molecular flexibility index (Phi) is 5.46. The fourth-order valence-corrected chi connectivity index (χ4v) is 4.54. The summed E-state index contributed by atoms with van der Waals surface area (Å²) >= 11 is 1.13. The Morgan fingerprint density at radius 3 is 2.65 bits per heavy atom. The largest absolute Gasteiger partial charge is 0.461 e. The van der Waals surface area contributed by atoms with Crippen molar-refractivity contribution in [3.8, 4) is 5.69 Å². The highest BCUT2D eigenvalue weighted by molar-refractivity contribution is 7.16. The van der Waals surface area contributed by atoms with Gasteiger partial charge in [0.2, 0.25) is 0 Å². The van der Waals surface area contributed by atoms with Gasteiger partial charge in [0.1, 0.15) is 10.6 Å². The van der Waals surface area contributed by atoms with Crippen LogP contribution in [0.4, 0.5) is 5.00 Å². The number of nitrogens with zero attached hydrogens (tertiary/aromatic N) is 2. The number of hydrogen-bond acceptors (Lipinski definition) is 7. The normalized spacial score (nSPS) is 11.1. The minimum absolute atomic E-state index is 0.00230. The number of carbonyl (C=O) groups excluding carboxylic acids is 2. The van der Waals surface area contributed by atoms with Crippen LogP contribution < -0.4 is 10.9 Å². The maximum absolute atomic E-state index is 13.5. The van der Waals surface area contributed by atoms with Crippen molar-refractivity contribution in [3.63, 3.8) is 0 Å². The van der Waals surface area contributed by atoms with Crippen LogP contribution in [0.25, 0.3) is 27.4 Å². The van der Waals surface area contributed by atoms with Gasteiger partial charge < -0.3 is 14.5 Å². The van der Waals surface area contributed by atoms with Crippen LogP contribution in [-0.2, 0) is 4.74 Å². The molecule has 1 N–H and O–H groups in total. The molecule has 1 amide bonds. The van der Waals surface area contributed by atoms with Crippen molar-refractivity contribution in [1.82, 2.24) is 9.78 Å². The molecule has 0 atom stereocenters. The number of ether oxygens (including phenoxy) is 1. The van der Waals surface area contributed by atoms with E-state index in [0.29, 0.717) is 21.7 Å². The highest BCUT2D eigenvalue weighted by Gasteiger charge is 2.24. The van der Waals surface area contributed by atoms with E-state index in [1.807, 2.05) is 37.3 Å². The predicted molar refractivity (Wildman–Crippen MR) is 130 cm³/mol. The van der Waals surface area contributed by atoms with Crippen molar-refractivity contribution in [2.75, 3.05) is 11.9 Å². The van der Waals surface area contributed by atoms with Gasteiger partial charge in [-0.2, -0.15) is 9.78 Å². The molecule has 0 unspecified atom stereocenters. The number of hydrogen-bond donors (Lipinski definition) is 1. The number of carbonyl (C=O) groups is 2. The average molecular weight is 474 g/mol. The standard InChI is InChI=1S/C25H19N3O5S/c1-3-32-25(31)21-17-13-34-23(26-22(29)19-12-15-6-4-5-7-18(15)33-19)20(17)24(30)28(27-21)16-10-8-14(2)9-11-16/h4-13H,3H2,1-2H3,(H,26,29). The molecule has 0 bridgehead atoms. The summed E-state index contributed by atoms with van der Waals surface area (Å²) in [4.78, 5) is 39.1. The number of nitrogens with one attached hydrogen (secondary N) is 1. The van der Waals surface area contributed by atoms with Crippen LogP contribution >= 0.6 is 11.3 Å². The van der Waals surface area contributed by atoms with Gasteiger partial charge in [0, 0.05) is 16.2 Å². The molecule has 3 heterocycles. The summed E-state index contributed by atoms with van der Waals surface area (Å²) in [5.74, 6) is -1.04. The third-order valence-electron chi connectivity index (χ3n) is 5.28. The number of esters is 1. The lowest BCUT2D eigenvalue weighted by molar-refractivity contribution is 0.0520. The van der Waals surface area contributed by atoms with Gasteiger partial charge in [0.15, 0.2) is 11.5 Å². The van der Waals surface area contributed by atoms with Crippen molar-refractivity contribution in [1.29, 1.82) is 0 Å². The van der Waals surface area contributed by atoms with E-state index in [0.717, 1.165) is 27.0 Å². The number of para-hydroxylation sites is 1. The first-order valence-electron chi connectivity index (χ1n) is 10.5. The molecule has 5 aromatic rings. The summed E-state index contributed by atoms with van der Waals surface area (Å²) in [6, 6.07) is 16.1. The first-order chi connectivity index (χ1) is 16.5.